The number of urea groups is 1. The summed E-state index contributed by atoms with van der Waals surface area (Å²) < 4.78 is 0.977. The van der Waals surface area contributed by atoms with Gasteiger partial charge in [0.1, 0.15) is 5.54 Å². The lowest BCUT2D eigenvalue weighted by molar-refractivity contribution is -0.122. The maximum absolute atomic E-state index is 11.8. The van der Waals surface area contributed by atoms with E-state index in [0.29, 0.717) is 0 Å². The van der Waals surface area contributed by atoms with Crippen molar-refractivity contribution in [3.05, 3.63) is 28.2 Å². The highest BCUT2D eigenvalue weighted by Crippen LogP contribution is 2.31. The highest BCUT2D eigenvalue weighted by Gasteiger charge is 2.46. The second-order valence-corrected chi connectivity index (χ2v) is 5.44. The van der Waals surface area contributed by atoms with Crippen LogP contribution in [0.15, 0.2) is 22.7 Å². The molecule has 90 valence electrons. The number of hydrogen-bond acceptors (Lipinski definition) is 2. The molecule has 1 aromatic rings. The van der Waals surface area contributed by atoms with Crippen LogP contribution in [0.25, 0.3) is 0 Å². The molecule has 17 heavy (non-hydrogen) atoms. The zero-order valence-electron chi connectivity index (χ0n) is 9.87. The maximum atomic E-state index is 11.8. The van der Waals surface area contributed by atoms with Crippen molar-refractivity contribution in [2.75, 3.05) is 4.90 Å². The number of hydrogen-bond donors (Lipinski definition) is 1. The Balaban J connectivity index is 2.49. The molecular formula is C12H13BrN2O2. The number of rotatable bonds is 1. The molecule has 1 aliphatic rings. The van der Waals surface area contributed by atoms with Crippen LogP contribution in [0.2, 0.25) is 0 Å². The first-order valence-corrected chi connectivity index (χ1v) is 6.05. The summed E-state index contributed by atoms with van der Waals surface area (Å²) in [6.07, 6.45) is 0. The zero-order valence-corrected chi connectivity index (χ0v) is 11.5. The van der Waals surface area contributed by atoms with Gasteiger partial charge in [0.05, 0.1) is 0 Å². The highest BCUT2D eigenvalue weighted by atomic mass is 79.9. The van der Waals surface area contributed by atoms with Gasteiger partial charge in [-0.15, -0.1) is 0 Å². The van der Waals surface area contributed by atoms with Gasteiger partial charge in [0.15, 0.2) is 0 Å². The summed E-state index contributed by atoms with van der Waals surface area (Å²) in [6.45, 7) is 5.39. The van der Waals surface area contributed by atoms with Crippen LogP contribution in [0.3, 0.4) is 0 Å². The summed E-state index contributed by atoms with van der Waals surface area (Å²) in [4.78, 5) is 24.9. The Morgan fingerprint density at radius 1 is 1.29 bits per heavy atom. The molecule has 1 N–H and O–H groups in total. The molecule has 1 saturated heterocycles. The largest absolute Gasteiger partial charge is 0.329 e. The van der Waals surface area contributed by atoms with E-state index >= 15 is 0 Å². The standard InChI is InChI=1S/C12H13BrN2O2/c1-7-6-8(4-5-9(7)13)15-11(17)14-10(16)12(15,2)3/h4-6H,1-3H3,(H,14,16,17). The highest BCUT2D eigenvalue weighted by molar-refractivity contribution is 9.10. The van der Waals surface area contributed by atoms with Crippen molar-refractivity contribution in [2.24, 2.45) is 0 Å². The fraction of sp³-hybridized carbons (Fsp3) is 0.333. The van der Waals surface area contributed by atoms with Gasteiger partial charge in [-0.1, -0.05) is 15.9 Å². The van der Waals surface area contributed by atoms with Crippen molar-refractivity contribution < 1.29 is 9.59 Å². The van der Waals surface area contributed by atoms with E-state index in [0.717, 1.165) is 15.7 Å². The minimum absolute atomic E-state index is 0.275. The number of amides is 3. The van der Waals surface area contributed by atoms with Gasteiger partial charge in [-0.2, -0.15) is 0 Å². The first kappa shape index (κ1) is 12.1. The second-order valence-electron chi connectivity index (χ2n) is 4.59. The predicted octanol–water partition coefficient (Wildman–Crippen LogP) is 2.59. The molecule has 0 spiro atoms. The average molecular weight is 297 g/mol. The van der Waals surface area contributed by atoms with Gasteiger partial charge >= 0.3 is 6.03 Å². The number of imide groups is 1. The first-order chi connectivity index (χ1) is 7.84. The summed E-state index contributed by atoms with van der Waals surface area (Å²) >= 11 is 3.41. The molecule has 0 atom stereocenters. The molecule has 0 radical (unpaired) electrons. The number of nitrogens with one attached hydrogen (secondary N) is 1. The molecule has 0 saturated carbocycles. The van der Waals surface area contributed by atoms with Gasteiger partial charge in [0.25, 0.3) is 5.91 Å². The molecule has 1 aliphatic heterocycles. The van der Waals surface area contributed by atoms with Gasteiger partial charge in [-0.05, 0) is 44.5 Å². The lowest BCUT2D eigenvalue weighted by Crippen LogP contribution is -2.44. The number of anilines is 1. The molecule has 0 aliphatic carbocycles. The van der Waals surface area contributed by atoms with E-state index in [1.54, 1.807) is 13.8 Å². The van der Waals surface area contributed by atoms with Crippen LogP contribution in [-0.4, -0.2) is 17.5 Å². The third kappa shape index (κ3) is 1.84. The monoisotopic (exact) mass is 296 g/mol. The third-order valence-electron chi connectivity index (χ3n) is 2.94. The van der Waals surface area contributed by atoms with E-state index in [2.05, 4.69) is 21.2 Å². The Morgan fingerprint density at radius 3 is 2.41 bits per heavy atom. The molecule has 5 heteroatoms. The smallest absolute Gasteiger partial charge is 0.279 e. The Labute approximate surface area is 108 Å². The Hall–Kier alpha value is -1.36. The summed E-state index contributed by atoms with van der Waals surface area (Å²) in [5, 5.41) is 2.33. The molecule has 0 bridgehead atoms. The topological polar surface area (TPSA) is 49.4 Å². The van der Waals surface area contributed by atoms with Crippen LogP contribution in [-0.2, 0) is 4.79 Å². The molecule has 2 rings (SSSR count). The second kappa shape index (κ2) is 3.84. The fourth-order valence-electron chi connectivity index (χ4n) is 1.87. The predicted molar refractivity (Wildman–Crippen MR) is 69.0 cm³/mol. The Kier molecular flexibility index (Phi) is 2.73. The van der Waals surface area contributed by atoms with Crippen LogP contribution in [0, 0.1) is 6.92 Å². The maximum Gasteiger partial charge on any atom is 0.329 e. The van der Waals surface area contributed by atoms with Gasteiger partial charge < -0.3 is 0 Å². The quantitative estimate of drug-likeness (QED) is 0.810. The SMILES string of the molecule is Cc1cc(N2C(=O)NC(=O)C2(C)C)ccc1Br. The zero-order chi connectivity index (χ0) is 12.8. The molecule has 0 aromatic heterocycles. The van der Waals surface area contributed by atoms with Gasteiger partial charge in [0.2, 0.25) is 0 Å². The van der Waals surface area contributed by atoms with Crippen LogP contribution in [0.4, 0.5) is 10.5 Å². The van der Waals surface area contributed by atoms with E-state index in [4.69, 9.17) is 0 Å². The molecule has 1 aromatic carbocycles. The number of nitrogens with zero attached hydrogens (tertiary/aromatic N) is 1. The molecule has 3 amide bonds. The normalized spacial score (nSPS) is 18.5. The van der Waals surface area contributed by atoms with Crippen molar-refractivity contribution in [2.45, 2.75) is 26.3 Å². The first-order valence-electron chi connectivity index (χ1n) is 5.26. The minimum atomic E-state index is -0.850. The number of carbonyl (C=O) groups excluding carboxylic acids is 2. The lowest BCUT2D eigenvalue weighted by Gasteiger charge is -2.28. The lowest BCUT2D eigenvalue weighted by atomic mass is 10.0. The molecular weight excluding hydrogens is 284 g/mol. The fourth-order valence-corrected chi connectivity index (χ4v) is 2.12. The number of halogens is 1. The number of aryl methyl sites for hydroxylation is 1. The van der Waals surface area contributed by atoms with Gasteiger partial charge in [0, 0.05) is 10.2 Å². The number of carbonyl (C=O) groups is 2. The van der Waals surface area contributed by atoms with Crippen LogP contribution < -0.4 is 10.2 Å². The molecule has 1 fully saturated rings. The van der Waals surface area contributed by atoms with Gasteiger partial charge in [-0.3, -0.25) is 15.0 Å². The van der Waals surface area contributed by atoms with Crippen LogP contribution in [0.1, 0.15) is 19.4 Å². The summed E-state index contributed by atoms with van der Waals surface area (Å²) in [6, 6.07) is 5.19. The molecule has 4 nitrogen and oxygen atoms in total. The van der Waals surface area contributed by atoms with Crippen LogP contribution in [0.5, 0.6) is 0 Å². The van der Waals surface area contributed by atoms with Crippen molar-refractivity contribution in [1.82, 2.24) is 5.32 Å². The van der Waals surface area contributed by atoms with E-state index in [9.17, 15) is 9.59 Å². The van der Waals surface area contributed by atoms with Crippen molar-refractivity contribution in [3.8, 4) is 0 Å². The molecule has 1 heterocycles. The van der Waals surface area contributed by atoms with Crippen molar-refractivity contribution in [3.63, 3.8) is 0 Å². The van der Waals surface area contributed by atoms with E-state index in [1.165, 1.54) is 4.90 Å². The summed E-state index contributed by atoms with van der Waals surface area (Å²) in [5.74, 6) is -0.275. The Morgan fingerprint density at radius 2 is 1.94 bits per heavy atom. The van der Waals surface area contributed by atoms with E-state index in [-0.39, 0.29) is 11.9 Å². The summed E-state index contributed by atoms with van der Waals surface area (Å²) in [7, 11) is 0. The van der Waals surface area contributed by atoms with E-state index < -0.39 is 5.54 Å². The van der Waals surface area contributed by atoms with Crippen LogP contribution >= 0.6 is 15.9 Å². The van der Waals surface area contributed by atoms with Crippen molar-refractivity contribution in [1.29, 1.82) is 0 Å². The number of benzene rings is 1. The van der Waals surface area contributed by atoms with Gasteiger partial charge in [-0.25, -0.2) is 4.79 Å². The Bertz CT molecular complexity index is 511. The summed E-state index contributed by atoms with van der Waals surface area (Å²) in [5.41, 5.74) is 0.890. The molecule has 0 unspecified atom stereocenters. The minimum Gasteiger partial charge on any atom is -0.279 e. The van der Waals surface area contributed by atoms with Crippen molar-refractivity contribution >= 4 is 33.6 Å². The third-order valence-corrected chi connectivity index (χ3v) is 3.83. The van der Waals surface area contributed by atoms with E-state index in [1.807, 2.05) is 25.1 Å². The average Bonchev–Trinajstić information content (AvgIpc) is 2.42.